The fourth-order valence-electron chi connectivity index (χ4n) is 4.09. The van der Waals surface area contributed by atoms with Crippen LogP contribution in [0.15, 0.2) is 60.7 Å². The molecule has 2 aromatic carbocycles. The zero-order valence-corrected chi connectivity index (χ0v) is 20.2. The van der Waals surface area contributed by atoms with Crippen LogP contribution in [0.4, 0.5) is 0 Å². The average molecular weight is 465 g/mol. The highest BCUT2D eigenvalue weighted by molar-refractivity contribution is 6.46. The van der Waals surface area contributed by atoms with Crippen molar-refractivity contribution >= 4 is 17.4 Å². The Balaban J connectivity index is 2.08. The van der Waals surface area contributed by atoms with Crippen LogP contribution >= 0.6 is 0 Å². The van der Waals surface area contributed by atoms with E-state index in [-0.39, 0.29) is 11.3 Å². The minimum Gasteiger partial charge on any atom is -0.507 e. The van der Waals surface area contributed by atoms with E-state index in [0.717, 1.165) is 17.7 Å². The van der Waals surface area contributed by atoms with E-state index in [0.29, 0.717) is 36.6 Å². The third-order valence-corrected chi connectivity index (χ3v) is 5.80. The van der Waals surface area contributed by atoms with Gasteiger partial charge in [0.05, 0.1) is 18.7 Å². The number of aliphatic hydroxyl groups excluding tert-OH is 1. The fraction of sp³-hybridized carbons (Fsp3) is 0.333. The van der Waals surface area contributed by atoms with Gasteiger partial charge in [0.1, 0.15) is 23.9 Å². The second-order valence-electron chi connectivity index (χ2n) is 8.50. The molecule has 1 aliphatic rings. The van der Waals surface area contributed by atoms with E-state index in [9.17, 15) is 14.7 Å². The van der Waals surface area contributed by atoms with E-state index < -0.39 is 17.7 Å². The summed E-state index contributed by atoms with van der Waals surface area (Å²) in [7, 11) is 5.48. The SMILES string of the molecule is C=CCOc1ccc(C2C(=C(O)c3ccc(OC)cc3C)C(=O)C(=O)N2CCCN(C)C)cc1. The number of hydrogen-bond acceptors (Lipinski definition) is 6. The quantitative estimate of drug-likeness (QED) is 0.248. The highest BCUT2D eigenvalue weighted by Crippen LogP contribution is 2.40. The Labute approximate surface area is 200 Å². The number of rotatable bonds is 10. The summed E-state index contributed by atoms with van der Waals surface area (Å²) in [5, 5.41) is 11.3. The van der Waals surface area contributed by atoms with E-state index in [4.69, 9.17) is 9.47 Å². The number of carbonyl (C=O) groups excluding carboxylic acids is 2. The number of likely N-dealkylation sites (tertiary alicyclic amines) is 1. The lowest BCUT2D eigenvalue weighted by Crippen LogP contribution is -2.32. The summed E-state index contributed by atoms with van der Waals surface area (Å²) in [6, 6.07) is 11.7. The van der Waals surface area contributed by atoms with Crippen molar-refractivity contribution in [3.63, 3.8) is 0 Å². The molecule has 1 N–H and O–H groups in total. The second-order valence-corrected chi connectivity index (χ2v) is 8.50. The van der Waals surface area contributed by atoms with Crippen LogP contribution in [-0.4, -0.2) is 67.5 Å². The zero-order valence-electron chi connectivity index (χ0n) is 20.2. The largest absolute Gasteiger partial charge is 0.507 e. The van der Waals surface area contributed by atoms with Gasteiger partial charge in [-0.2, -0.15) is 0 Å². The van der Waals surface area contributed by atoms with Gasteiger partial charge >= 0.3 is 0 Å². The summed E-state index contributed by atoms with van der Waals surface area (Å²) in [6.07, 6.45) is 2.35. The number of aliphatic hydroxyl groups is 1. The summed E-state index contributed by atoms with van der Waals surface area (Å²) in [5.41, 5.74) is 2.04. The highest BCUT2D eigenvalue weighted by Gasteiger charge is 2.45. The minimum atomic E-state index is -0.697. The molecule has 1 amide bonds. The smallest absolute Gasteiger partial charge is 0.295 e. The Morgan fingerprint density at radius 2 is 1.82 bits per heavy atom. The monoisotopic (exact) mass is 464 g/mol. The van der Waals surface area contributed by atoms with Gasteiger partial charge in [-0.25, -0.2) is 0 Å². The Kier molecular flexibility index (Phi) is 8.12. The van der Waals surface area contributed by atoms with Gasteiger partial charge in [-0.15, -0.1) is 0 Å². The number of ether oxygens (including phenoxy) is 2. The zero-order chi connectivity index (χ0) is 24.8. The van der Waals surface area contributed by atoms with Crippen molar-refractivity contribution in [2.45, 2.75) is 19.4 Å². The molecule has 1 heterocycles. The molecular formula is C27H32N2O5. The molecule has 7 nitrogen and oxygen atoms in total. The average Bonchev–Trinajstić information content (AvgIpc) is 3.07. The maximum atomic E-state index is 13.2. The lowest BCUT2D eigenvalue weighted by atomic mass is 9.93. The second kappa shape index (κ2) is 11.0. The molecule has 0 aromatic heterocycles. The molecule has 1 aliphatic heterocycles. The fourth-order valence-corrected chi connectivity index (χ4v) is 4.09. The van der Waals surface area contributed by atoms with Gasteiger partial charge in [0.25, 0.3) is 11.7 Å². The number of benzene rings is 2. The maximum absolute atomic E-state index is 13.2. The summed E-state index contributed by atoms with van der Waals surface area (Å²) in [4.78, 5) is 29.8. The van der Waals surface area contributed by atoms with Crippen molar-refractivity contribution in [1.29, 1.82) is 0 Å². The van der Waals surface area contributed by atoms with Crippen LogP contribution in [0, 0.1) is 6.92 Å². The van der Waals surface area contributed by atoms with Crippen molar-refractivity contribution in [3.05, 3.63) is 77.4 Å². The Morgan fingerprint density at radius 1 is 1.15 bits per heavy atom. The Bertz CT molecular complexity index is 1090. The van der Waals surface area contributed by atoms with Gasteiger partial charge in [0.15, 0.2) is 0 Å². The summed E-state index contributed by atoms with van der Waals surface area (Å²) >= 11 is 0. The van der Waals surface area contributed by atoms with E-state index >= 15 is 0 Å². The molecule has 7 heteroatoms. The molecule has 0 aliphatic carbocycles. The molecular weight excluding hydrogens is 432 g/mol. The van der Waals surface area contributed by atoms with E-state index in [1.54, 1.807) is 48.4 Å². The van der Waals surface area contributed by atoms with Crippen LogP contribution in [0.1, 0.15) is 29.2 Å². The number of ketones is 1. The van der Waals surface area contributed by atoms with Crippen molar-refractivity contribution < 1.29 is 24.2 Å². The van der Waals surface area contributed by atoms with Gasteiger partial charge in [0, 0.05) is 12.1 Å². The van der Waals surface area contributed by atoms with Crippen LogP contribution in [0.5, 0.6) is 11.5 Å². The lowest BCUT2D eigenvalue weighted by molar-refractivity contribution is -0.139. The van der Waals surface area contributed by atoms with Crippen LogP contribution in [0.25, 0.3) is 5.76 Å². The van der Waals surface area contributed by atoms with Crippen LogP contribution in [0.2, 0.25) is 0 Å². The van der Waals surface area contributed by atoms with Crippen molar-refractivity contribution in [2.75, 3.05) is 40.9 Å². The molecule has 0 spiro atoms. The standard InChI is InChI=1S/C27H32N2O5/c1-6-16-34-20-10-8-19(9-11-20)24-23(25(30)22-13-12-21(33-5)17-18(22)2)26(31)27(32)29(24)15-7-14-28(3)4/h6,8-13,17,24,30H,1,7,14-16H2,2-5H3. The van der Waals surface area contributed by atoms with Crippen LogP contribution in [-0.2, 0) is 9.59 Å². The molecule has 180 valence electrons. The lowest BCUT2D eigenvalue weighted by Gasteiger charge is -2.26. The number of methoxy groups -OCH3 is 1. The molecule has 1 saturated heterocycles. The van der Waals surface area contributed by atoms with Gasteiger partial charge in [-0.1, -0.05) is 24.8 Å². The predicted molar refractivity (Wildman–Crippen MR) is 132 cm³/mol. The van der Waals surface area contributed by atoms with Gasteiger partial charge in [-0.05, 0) is 75.4 Å². The molecule has 1 unspecified atom stereocenters. The van der Waals surface area contributed by atoms with Crippen molar-refractivity contribution in [2.24, 2.45) is 0 Å². The number of nitrogens with zero attached hydrogens (tertiary/aromatic N) is 2. The number of hydrogen-bond donors (Lipinski definition) is 1. The van der Waals surface area contributed by atoms with Gasteiger partial charge in [0.2, 0.25) is 0 Å². The Morgan fingerprint density at radius 3 is 2.41 bits per heavy atom. The number of amides is 1. The van der Waals surface area contributed by atoms with Gasteiger partial charge in [-0.3, -0.25) is 9.59 Å². The summed E-state index contributed by atoms with van der Waals surface area (Å²) in [5.74, 6) is -0.187. The first-order chi connectivity index (χ1) is 16.3. The molecule has 34 heavy (non-hydrogen) atoms. The topological polar surface area (TPSA) is 79.3 Å². The van der Waals surface area contributed by atoms with E-state index in [1.807, 2.05) is 38.1 Å². The third-order valence-electron chi connectivity index (χ3n) is 5.80. The summed E-state index contributed by atoms with van der Waals surface area (Å²) < 4.78 is 10.8. The first-order valence-corrected chi connectivity index (χ1v) is 11.2. The Hall–Kier alpha value is -3.58. The molecule has 3 rings (SSSR count). The van der Waals surface area contributed by atoms with Gasteiger partial charge < -0.3 is 24.4 Å². The normalized spacial score (nSPS) is 17.3. The number of aryl methyl sites for hydroxylation is 1. The molecule has 2 aromatic rings. The van der Waals surface area contributed by atoms with Crippen molar-refractivity contribution in [3.8, 4) is 11.5 Å². The van der Waals surface area contributed by atoms with Crippen molar-refractivity contribution in [1.82, 2.24) is 9.80 Å². The maximum Gasteiger partial charge on any atom is 0.295 e. The molecule has 0 radical (unpaired) electrons. The molecule has 0 bridgehead atoms. The first-order valence-electron chi connectivity index (χ1n) is 11.2. The third kappa shape index (κ3) is 5.31. The number of carbonyl (C=O) groups is 2. The predicted octanol–water partition coefficient (Wildman–Crippen LogP) is 3.94. The molecule has 0 saturated carbocycles. The van der Waals surface area contributed by atoms with Crippen LogP contribution < -0.4 is 9.47 Å². The number of Topliss-reactive ketones (excluding diaryl/α,β-unsaturated/α-hetero) is 1. The molecule has 1 atom stereocenters. The summed E-state index contributed by atoms with van der Waals surface area (Å²) in [6.45, 7) is 7.00. The first kappa shape index (κ1) is 25.1. The minimum absolute atomic E-state index is 0.0860. The molecule has 1 fully saturated rings. The highest BCUT2D eigenvalue weighted by atomic mass is 16.5. The van der Waals surface area contributed by atoms with E-state index in [2.05, 4.69) is 6.58 Å². The van der Waals surface area contributed by atoms with Crippen LogP contribution in [0.3, 0.4) is 0 Å². The van der Waals surface area contributed by atoms with E-state index in [1.165, 1.54) is 0 Å².